The van der Waals surface area contributed by atoms with Crippen molar-refractivity contribution in [2.45, 2.75) is 38.3 Å². The van der Waals surface area contributed by atoms with Gasteiger partial charge in [-0.05, 0) is 42.5 Å². The maximum Gasteiger partial charge on any atom is 0.137 e. The molecule has 2 aliphatic rings. The number of benzene rings is 1. The number of aromatic nitrogens is 4. The van der Waals surface area contributed by atoms with E-state index in [9.17, 15) is 0 Å². The van der Waals surface area contributed by atoms with Crippen LogP contribution in [0.15, 0.2) is 37.1 Å². The van der Waals surface area contributed by atoms with E-state index in [-0.39, 0.29) is 0 Å². The molecule has 0 saturated carbocycles. The summed E-state index contributed by atoms with van der Waals surface area (Å²) in [6.07, 6.45) is 8.11. The van der Waals surface area contributed by atoms with Gasteiger partial charge in [-0.3, -0.25) is 9.58 Å². The second-order valence-corrected chi connectivity index (χ2v) is 7.27. The van der Waals surface area contributed by atoms with E-state index in [2.05, 4.69) is 51.3 Å². The standard InChI is InChI=1S/C19H23N5/c1-2-23-9-13(10-24-12-20-11-22-24)6-16-15-4-3-5-17-19(15)14(8-21-17)7-18(16)23/h3-5,8,11-13,16,18,21H,2,6-7,9-10H2,1H3/t13-,16-,18-/m1/s1. The zero-order valence-corrected chi connectivity index (χ0v) is 14.0. The highest BCUT2D eigenvalue weighted by Crippen LogP contribution is 2.44. The molecule has 24 heavy (non-hydrogen) atoms. The molecule has 0 unspecified atom stereocenters. The van der Waals surface area contributed by atoms with Gasteiger partial charge in [-0.25, -0.2) is 4.98 Å². The van der Waals surface area contributed by atoms with Gasteiger partial charge in [0.1, 0.15) is 12.7 Å². The number of fused-ring (bicyclic) bond motifs is 2. The summed E-state index contributed by atoms with van der Waals surface area (Å²) in [6.45, 7) is 5.54. The largest absolute Gasteiger partial charge is 0.361 e. The van der Waals surface area contributed by atoms with E-state index in [0.717, 1.165) is 19.6 Å². The molecule has 0 spiro atoms. The molecule has 124 valence electrons. The Labute approximate surface area is 141 Å². The van der Waals surface area contributed by atoms with Crippen LogP contribution < -0.4 is 0 Å². The van der Waals surface area contributed by atoms with Crippen LogP contribution in [0.5, 0.6) is 0 Å². The van der Waals surface area contributed by atoms with Crippen LogP contribution in [0.3, 0.4) is 0 Å². The Morgan fingerprint density at radius 3 is 3.12 bits per heavy atom. The number of nitrogens with one attached hydrogen (secondary N) is 1. The van der Waals surface area contributed by atoms with E-state index in [1.54, 1.807) is 11.9 Å². The first kappa shape index (κ1) is 14.2. The lowest BCUT2D eigenvalue weighted by atomic mass is 9.72. The first-order valence-electron chi connectivity index (χ1n) is 8.98. The van der Waals surface area contributed by atoms with Crippen molar-refractivity contribution in [1.82, 2.24) is 24.6 Å². The predicted octanol–water partition coefficient (Wildman–Crippen LogP) is 2.81. The second kappa shape index (κ2) is 5.45. The lowest BCUT2D eigenvalue weighted by molar-refractivity contribution is 0.0813. The van der Waals surface area contributed by atoms with E-state index in [4.69, 9.17) is 0 Å². The van der Waals surface area contributed by atoms with Gasteiger partial charge in [0.2, 0.25) is 0 Å². The summed E-state index contributed by atoms with van der Waals surface area (Å²) < 4.78 is 1.99. The van der Waals surface area contributed by atoms with Crippen molar-refractivity contribution in [3.05, 3.63) is 48.2 Å². The molecule has 1 aromatic carbocycles. The van der Waals surface area contributed by atoms with Crippen LogP contribution in [0.2, 0.25) is 0 Å². The smallest absolute Gasteiger partial charge is 0.137 e. The molecule has 0 bridgehead atoms. The molecule has 0 amide bonds. The second-order valence-electron chi connectivity index (χ2n) is 7.27. The average molecular weight is 321 g/mol. The van der Waals surface area contributed by atoms with Crippen molar-refractivity contribution < 1.29 is 0 Å². The molecule has 2 aromatic heterocycles. The number of aromatic amines is 1. The van der Waals surface area contributed by atoms with Crippen molar-refractivity contribution in [1.29, 1.82) is 0 Å². The lowest BCUT2D eigenvalue weighted by Crippen LogP contribution is -2.50. The molecule has 1 fully saturated rings. The Morgan fingerprint density at radius 1 is 1.33 bits per heavy atom. The number of rotatable bonds is 3. The maximum absolute atomic E-state index is 4.31. The van der Waals surface area contributed by atoms with Crippen molar-refractivity contribution in [3.63, 3.8) is 0 Å². The van der Waals surface area contributed by atoms with E-state index < -0.39 is 0 Å². The molecule has 3 atom stereocenters. The van der Waals surface area contributed by atoms with Gasteiger partial charge in [0, 0.05) is 42.1 Å². The molecular formula is C19H23N5. The molecule has 5 rings (SSSR count). The van der Waals surface area contributed by atoms with Crippen molar-refractivity contribution in [2.75, 3.05) is 13.1 Å². The van der Waals surface area contributed by atoms with E-state index in [0.29, 0.717) is 17.9 Å². The fraction of sp³-hybridized carbons (Fsp3) is 0.474. The molecule has 1 N–H and O–H groups in total. The Kier molecular flexibility index (Phi) is 3.23. The third-order valence-electron chi connectivity index (χ3n) is 5.98. The van der Waals surface area contributed by atoms with E-state index >= 15 is 0 Å². The zero-order chi connectivity index (χ0) is 16.1. The van der Waals surface area contributed by atoms with Crippen LogP contribution in [-0.4, -0.2) is 43.8 Å². The van der Waals surface area contributed by atoms with Crippen molar-refractivity contribution >= 4 is 10.9 Å². The Hall–Kier alpha value is -2.14. The lowest BCUT2D eigenvalue weighted by Gasteiger charge is -2.46. The molecule has 1 aliphatic heterocycles. The molecule has 3 aromatic rings. The summed E-state index contributed by atoms with van der Waals surface area (Å²) in [4.78, 5) is 10.3. The van der Waals surface area contributed by atoms with Crippen LogP contribution in [-0.2, 0) is 13.0 Å². The number of nitrogens with zero attached hydrogens (tertiary/aromatic N) is 4. The number of hydrogen-bond donors (Lipinski definition) is 1. The van der Waals surface area contributed by atoms with Gasteiger partial charge >= 0.3 is 0 Å². The number of hydrogen-bond acceptors (Lipinski definition) is 3. The molecule has 0 radical (unpaired) electrons. The van der Waals surface area contributed by atoms with Gasteiger partial charge in [-0.2, -0.15) is 5.10 Å². The topological polar surface area (TPSA) is 49.7 Å². The highest BCUT2D eigenvalue weighted by Gasteiger charge is 2.40. The highest BCUT2D eigenvalue weighted by molar-refractivity contribution is 5.88. The van der Waals surface area contributed by atoms with Gasteiger partial charge in [0.05, 0.1) is 0 Å². The first-order valence-corrected chi connectivity index (χ1v) is 8.98. The molecule has 5 nitrogen and oxygen atoms in total. The van der Waals surface area contributed by atoms with Crippen LogP contribution in [0, 0.1) is 5.92 Å². The summed E-state index contributed by atoms with van der Waals surface area (Å²) in [5.74, 6) is 1.25. The maximum atomic E-state index is 4.31. The Bertz CT molecular complexity index is 850. The van der Waals surface area contributed by atoms with Gasteiger partial charge in [-0.1, -0.05) is 19.1 Å². The third-order valence-corrected chi connectivity index (χ3v) is 5.98. The summed E-state index contributed by atoms with van der Waals surface area (Å²) >= 11 is 0. The SMILES string of the molecule is CCN1C[C@H](Cn2cncn2)C[C@@H]2c3cccc4[nH]cc(c34)C[C@H]21. The number of piperidine rings is 1. The van der Waals surface area contributed by atoms with E-state index in [1.165, 1.54) is 29.3 Å². The summed E-state index contributed by atoms with van der Waals surface area (Å²) in [6, 6.07) is 7.39. The summed E-state index contributed by atoms with van der Waals surface area (Å²) in [7, 11) is 0. The minimum Gasteiger partial charge on any atom is -0.361 e. The minimum atomic E-state index is 0.624. The van der Waals surface area contributed by atoms with E-state index in [1.807, 2.05) is 11.0 Å². The Morgan fingerprint density at radius 2 is 2.29 bits per heavy atom. The molecule has 1 aliphatic carbocycles. The average Bonchev–Trinajstić information content (AvgIpc) is 3.26. The van der Waals surface area contributed by atoms with Crippen LogP contribution in [0.1, 0.15) is 30.4 Å². The zero-order valence-electron chi connectivity index (χ0n) is 14.0. The number of likely N-dealkylation sites (N-methyl/N-ethyl adjacent to an activating group) is 1. The van der Waals surface area contributed by atoms with Crippen LogP contribution in [0.4, 0.5) is 0 Å². The van der Waals surface area contributed by atoms with Gasteiger partial charge in [-0.15, -0.1) is 0 Å². The first-order chi connectivity index (χ1) is 11.8. The molecule has 3 heterocycles. The van der Waals surface area contributed by atoms with Gasteiger partial charge < -0.3 is 4.98 Å². The third kappa shape index (κ3) is 2.11. The fourth-order valence-electron chi connectivity index (χ4n) is 4.99. The normalized spacial score (nSPS) is 26.6. The summed E-state index contributed by atoms with van der Waals surface area (Å²) in [5.41, 5.74) is 4.33. The highest BCUT2D eigenvalue weighted by atomic mass is 15.3. The van der Waals surface area contributed by atoms with Crippen LogP contribution in [0.25, 0.3) is 10.9 Å². The molecular weight excluding hydrogens is 298 g/mol. The van der Waals surface area contributed by atoms with Gasteiger partial charge in [0.15, 0.2) is 0 Å². The Balaban J connectivity index is 1.53. The number of H-pyrrole nitrogens is 1. The fourth-order valence-corrected chi connectivity index (χ4v) is 4.99. The minimum absolute atomic E-state index is 0.624. The quantitative estimate of drug-likeness (QED) is 0.807. The number of likely N-dealkylation sites (tertiary alicyclic amines) is 1. The predicted molar refractivity (Wildman–Crippen MR) is 93.9 cm³/mol. The van der Waals surface area contributed by atoms with Crippen molar-refractivity contribution in [2.24, 2.45) is 5.92 Å². The van der Waals surface area contributed by atoms with Crippen LogP contribution >= 0.6 is 0 Å². The van der Waals surface area contributed by atoms with Gasteiger partial charge in [0.25, 0.3) is 0 Å². The summed E-state index contributed by atoms with van der Waals surface area (Å²) in [5, 5.41) is 5.80. The van der Waals surface area contributed by atoms with Crippen molar-refractivity contribution in [3.8, 4) is 0 Å². The molecule has 5 heteroatoms. The molecule has 1 saturated heterocycles. The monoisotopic (exact) mass is 321 g/mol.